The Morgan fingerprint density at radius 3 is 2.23 bits per heavy atom. The highest BCUT2D eigenvalue weighted by Crippen LogP contribution is 2.35. The standard InChI is InChI=1S/C10H16O3/c1-10(2,6-8(11)12)9(13)7-4-3-5-7/h7H,3-6H2,1-2H3,(H,11,12). The highest BCUT2D eigenvalue weighted by atomic mass is 16.4. The molecule has 0 unspecified atom stereocenters. The molecule has 0 aromatic rings. The third kappa shape index (κ3) is 2.29. The van der Waals surface area contributed by atoms with Gasteiger partial charge in [0.2, 0.25) is 0 Å². The third-order valence-corrected chi connectivity index (χ3v) is 2.74. The van der Waals surface area contributed by atoms with Gasteiger partial charge in [0.25, 0.3) is 0 Å². The van der Waals surface area contributed by atoms with Crippen LogP contribution in [-0.2, 0) is 9.59 Å². The minimum atomic E-state index is -0.891. The van der Waals surface area contributed by atoms with Gasteiger partial charge in [-0.1, -0.05) is 20.3 Å². The maximum atomic E-state index is 11.7. The number of rotatable bonds is 4. The zero-order valence-electron chi connectivity index (χ0n) is 8.17. The van der Waals surface area contributed by atoms with Crippen LogP contribution in [-0.4, -0.2) is 16.9 Å². The van der Waals surface area contributed by atoms with Crippen LogP contribution in [0.15, 0.2) is 0 Å². The molecule has 1 aliphatic rings. The molecule has 1 saturated carbocycles. The lowest BCUT2D eigenvalue weighted by Gasteiger charge is -2.31. The van der Waals surface area contributed by atoms with Crippen molar-refractivity contribution < 1.29 is 14.7 Å². The van der Waals surface area contributed by atoms with Crippen molar-refractivity contribution in [2.75, 3.05) is 0 Å². The van der Waals surface area contributed by atoms with Gasteiger partial charge in [0, 0.05) is 11.3 Å². The van der Waals surface area contributed by atoms with Gasteiger partial charge in [-0.25, -0.2) is 0 Å². The summed E-state index contributed by atoms with van der Waals surface area (Å²) in [6.45, 7) is 3.45. The van der Waals surface area contributed by atoms with Crippen molar-refractivity contribution in [2.24, 2.45) is 11.3 Å². The zero-order valence-corrected chi connectivity index (χ0v) is 8.17. The van der Waals surface area contributed by atoms with Crippen molar-refractivity contribution in [3.05, 3.63) is 0 Å². The van der Waals surface area contributed by atoms with Gasteiger partial charge in [0.05, 0.1) is 6.42 Å². The number of hydrogen-bond donors (Lipinski definition) is 1. The molecule has 0 aliphatic heterocycles. The van der Waals surface area contributed by atoms with Crippen LogP contribution >= 0.6 is 0 Å². The van der Waals surface area contributed by atoms with Crippen molar-refractivity contribution >= 4 is 11.8 Å². The largest absolute Gasteiger partial charge is 0.481 e. The monoisotopic (exact) mass is 184 g/mol. The number of carbonyl (C=O) groups excluding carboxylic acids is 1. The molecule has 1 N–H and O–H groups in total. The van der Waals surface area contributed by atoms with E-state index >= 15 is 0 Å². The van der Waals surface area contributed by atoms with Crippen LogP contribution in [0.3, 0.4) is 0 Å². The molecule has 13 heavy (non-hydrogen) atoms. The van der Waals surface area contributed by atoms with Crippen LogP contribution in [0.4, 0.5) is 0 Å². The van der Waals surface area contributed by atoms with Crippen molar-refractivity contribution in [3.63, 3.8) is 0 Å². The van der Waals surface area contributed by atoms with Crippen LogP contribution in [0, 0.1) is 11.3 Å². The molecule has 0 spiro atoms. The first-order valence-corrected chi connectivity index (χ1v) is 4.69. The quantitative estimate of drug-likeness (QED) is 0.725. The molecule has 1 rings (SSSR count). The first kappa shape index (κ1) is 10.2. The fourth-order valence-electron chi connectivity index (χ4n) is 1.69. The van der Waals surface area contributed by atoms with Gasteiger partial charge in [-0.05, 0) is 12.8 Å². The Balaban J connectivity index is 2.56. The number of carboxylic acids is 1. The Morgan fingerprint density at radius 2 is 1.92 bits per heavy atom. The highest BCUT2D eigenvalue weighted by molar-refractivity contribution is 5.90. The summed E-state index contributed by atoms with van der Waals surface area (Å²) in [6, 6.07) is 0. The van der Waals surface area contributed by atoms with Crippen molar-refractivity contribution in [1.29, 1.82) is 0 Å². The maximum absolute atomic E-state index is 11.7. The number of carboxylic acid groups (broad SMARTS) is 1. The van der Waals surface area contributed by atoms with E-state index in [1.807, 2.05) is 0 Å². The molecule has 1 aliphatic carbocycles. The molecule has 0 atom stereocenters. The van der Waals surface area contributed by atoms with E-state index in [0.717, 1.165) is 19.3 Å². The molecule has 0 saturated heterocycles. The molecule has 0 radical (unpaired) electrons. The second-order valence-electron chi connectivity index (χ2n) is 4.45. The average Bonchev–Trinajstić information content (AvgIpc) is 1.79. The minimum Gasteiger partial charge on any atom is -0.481 e. The summed E-state index contributed by atoms with van der Waals surface area (Å²) in [5, 5.41) is 8.62. The summed E-state index contributed by atoms with van der Waals surface area (Å²) in [5.74, 6) is -0.631. The predicted molar refractivity (Wildman–Crippen MR) is 48.4 cm³/mol. The smallest absolute Gasteiger partial charge is 0.304 e. The van der Waals surface area contributed by atoms with Gasteiger partial charge in [0.15, 0.2) is 0 Å². The fraction of sp³-hybridized carbons (Fsp3) is 0.800. The second kappa shape index (κ2) is 3.48. The molecule has 3 nitrogen and oxygen atoms in total. The van der Waals surface area contributed by atoms with Gasteiger partial charge in [-0.15, -0.1) is 0 Å². The fourth-order valence-corrected chi connectivity index (χ4v) is 1.69. The Kier molecular flexibility index (Phi) is 2.74. The topological polar surface area (TPSA) is 54.4 Å². The molecule has 0 amide bonds. The van der Waals surface area contributed by atoms with Gasteiger partial charge in [-0.3, -0.25) is 9.59 Å². The van der Waals surface area contributed by atoms with Gasteiger partial charge < -0.3 is 5.11 Å². The zero-order chi connectivity index (χ0) is 10.1. The van der Waals surface area contributed by atoms with E-state index in [1.54, 1.807) is 13.8 Å². The second-order valence-corrected chi connectivity index (χ2v) is 4.45. The van der Waals surface area contributed by atoms with E-state index < -0.39 is 11.4 Å². The predicted octanol–water partition coefficient (Wildman–Crippen LogP) is 1.86. The number of ketones is 1. The van der Waals surface area contributed by atoms with E-state index in [-0.39, 0.29) is 18.1 Å². The van der Waals surface area contributed by atoms with E-state index in [9.17, 15) is 9.59 Å². The van der Waals surface area contributed by atoms with Gasteiger partial charge in [-0.2, -0.15) is 0 Å². The molecule has 3 heteroatoms. The maximum Gasteiger partial charge on any atom is 0.304 e. The normalized spacial score (nSPS) is 18.0. The van der Waals surface area contributed by atoms with E-state index in [4.69, 9.17) is 5.11 Å². The lowest BCUT2D eigenvalue weighted by molar-refractivity contribution is -0.145. The van der Waals surface area contributed by atoms with Crippen LogP contribution < -0.4 is 0 Å². The summed E-state index contributed by atoms with van der Waals surface area (Å²) in [6.07, 6.45) is 2.95. The Labute approximate surface area is 78.1 Å². The van der Waals surface area contributed by atoms with Crippen LogP contribution in [0.25, 0.3) is 0 Å². The molecular weight excluding hydrogens is 168 g/mol. The highest BCUT2D eigenvalue weighted by Gasteiger charge is 2.37. The van der Waals surface area contributed by atoms with Crippen LogP contribution in [0.5, 0.6) is 0 Å². The number of aliphatic carboxylic acids is 1. The SMILES string of the molecule is CC(C)(CC(=O)O)C(=O)C1CCC1. The summed E-state index contributed by atoms with van der Waals surface area (Å²) in [5.41, 5.74) is -0.684. The van der Waals surface area contributed by atoms with E-state index in [2.05, 4.69) is 0 Å². The Morgan fingerprint density at radius 1 is 1.38 bits per heavy atom. The van der Waals surface area contributed by atoms with Crippen molar-refractivity contribution in [1.82, 2.24) is 0 Å². The van der Waals surface area contributed by atoms with Gasteiger partial charge >= 0.3 is 5.97 Å². The molecule has 0 aromatic carbocycles. The Bertz CT molecular complexity index is 226. The summed E-state index contributed by atoms with van der Waals surface area (Å²) in [4.78, 5) is 22.2. The molecule has 0 heterocycles. The lowest BCUT2D eigenvalue weighted by Crippen LogP contribution is -2.36. The average molecular weight is 184 g/mol. The third-order valence-electron chi connectivity index (χ3n) is 2.74. The minimum absolute atomic E-state index is 0.0532. The van der Waals surface area contributed by atoms with Gasteiger partial charge in [0.1, 0.15) is 5.78 Å². The summed E-state index contributed by atoms with van der Waals surface area (Å²) >= 11 is 0. The molecular formula is C10H16O3. The van der Waals surface area contributed by atoms with Crippen molar-refractivity contribution in [2.45, 2.75) is 39.5 Å². The molecule has 1 fully saturated rings. The summed E-state index contributed by atoms with van der Waals surface area (Å²) < 4.78 is 0. The first-order valence-electron chi connectivity index (χ1n) is 4.69. The van der Waals surface area contributed by atoms with Crippen molar-refractivity contribution in [3.8, 4) is 0 Å². The summed E-state index contributed by atoms with van der Waals surface area (Å²) in [7, 11) is 0. The first-order chi connectivity index (χ1) is 5.93. The molecule has 0 aromatic heterocycles. The number of Topliss-reactive ketones (excluding diaryl/α,β-unsaturated/α-hetero) is 1. The van der Waals surface area contributed by atoms with E-state index in [0.29, 0.717) is 0 Å². The molecule has 74 valence electrons. The molecule has 0 bridgehead atoms. The number of hydrogen-bond acceptors (Lipinski definition) is 2. The van der Waals surface area contributed by atoms with Crippen LogP contribution in [0.2, 0.25) is 0 Å². The van der Waals surface area contributed by atoms with Crippen LogP contribution in [0.1, 0.15) is 39.5 Å². The van der Waals surface area contributed by atoms with E-state index in [1.165, 1.54) is 0 Å². The number of carbonyl (C=O) groups is 2. The lowest BCUT2D eigenvalue weighted by atomic mass is 9.71. The Hall–Kier alpha value is -0.860.